The number of hydrogen-bond donors (Lipinski definition) is 1. The van der Waals surface area contributed by atoms with Gasteiger partial charge in [0.15, 0.2) is 0 Å². The lowest BCUT2D eigenvalue weighted by molar-refractivity contribution is -0.122. The maximum Gasteiger partial charge on any atom is 0.266 e. The van der Waals surface area contributed by atoms with E-state index in [0.29, 0.717) is 22.3 Å². The van der Waals surface area contributed by atoms with Gasteiger partial charge < -0.3 is 10.0 Å². The summed E-state index contributed by atoms with van der Waals surface area (Å²) >= 11 is 8.20. The second-order valence-electron chi connectivity index (χ2n) is 4.90. The van der Waals surface area contributed by atoms with E-state index >= 15 is 0 Å². The van der Waals surface area contributed by atoms with Crippen molar-refractivity contribution in [2.45, 2.75) is 11.8 Å². The van der Waals surface area contributed by atoms with E-state index in [0.717, 1.165) is 15.6 Å². The van der Waals surface area contributed by atoms with Gasteiger partial charge in [-0.1, -0.05) is 47.9 Å². The van der Waals surface area contributed by atoms with Crippen LogP contribution in [0.2, 0.25) is 0 Å². The highest BCUT2D eigenvalue weighted by molar-refractivity contribution is 8.26. The summed E-state index contributed by atoms with van der Waals surface area (Å²) in [5, 5.41) is 10.3. The summed E-state index contributed by atoms with van der Waals surface area (Å²) in [4.78, 5) is 17.7. The zero-order chi connectivity index (χ0) is 16.4. The summed E-state index contributed by atoms with van der Waals surface area (Å²) in [6.07, 6.45) is 3.76. The largest absolute Gasteiger partial charge is 0.395 e. The van der Waals surface area contributed by atoms with Gasteiger partial charge in [-0.05, 0) is 31.2 Å². The van der Waals surface area contributed by atoms with E-state index in [1.165, 1.54) is 11.8 Å². The van der Waals surface area contributed by atoms with E-state index in [1.54, 1.807) is 16.7 Å². The first-order valence-corrected chi connectivity index (χ1v) is 9.30. The van der Waals surface area contributed by atoms with E-state index in [2.05, 4.69) is 11.0 Å². The fourth-order valence-corrected chi connectivity index (χ4v) is 4.86. The van der Waals surface area contributed by atoms with Gasteiger partial charge in [0.05, 0.1) is 22.2 Å². The van der Waals surface area contributed by atoms with Crippen LogP contribution in [0.3, 0.4) is 0 Å². The first-order chi connectivity index (χ1) is 11.2. The number of amides is 1. The average molecular weight is 365 g/mol. The number of likely N-dealkylation sites (N-methyl/N-ethyl adjacent to an activating group) is 1. The van der Waals surface area contributed by atoms with Gasteiger partial charge in [-0.25, -0.2) is 0 Å². The van der Waals surface area contributed by atoms with Crippen molar-refractivity contribution in [3.63, 3.8) is 0 Å². The highest BCUT2D eigenvalue weighted by Crippen LogP contribution is 2.45. The average Bonchev–Trinajstić information content (AvgIpc) is 3.03. The number of aliphatic hydroxyl groups is 1. The van der Waals surface area contributed by atoms with Gasteiger partial charge in [-0.15, -0.1) is 0 Å². The molecule has 2 heterocycles. The molecule has 120 valence electrons. The summed E-state index contributed by atoms with van der Waals surface area (Å²) in [6, 6.07) is 8.08. The number of nitrogens with zero attached hydrogens (tertiary/aromatic N) is 2. The van der Waals surface area contributed by atoms with Crippen LogP contribution in [0.1, 0.15) is 6.92 Å². The highest BCUT2D eigenvalue weighted by Gasteiger charge is 2.30. The first-order valence-electron chi connectivity index (χ1n) is 7.26. The molecule has 1 fully saturated rings. The van der Waals surface area contributed by atoms with Crippen LogP contribution in [-0.2, 0) is 4.79 Å². The van der Waals surface area contributed by atoms with E-state index in [4.69, 9.17) is 12.2 Å². The number of thiocarbonyl (C=S) groups is 1. The number of anilines is 1. The van der Waals surface area contributed by atoms with Crippen LogP contribution in [0.25, 0.3) is 0 Å². The third kappa shape index (κ3) is 3.19. The Bertz CT molecular complexity index is 715. The highest BCUT2D eigenvalue weighted by atomic mass is 32.2. The number of rotatable bonds is 4. The molecule has 1 aromatic carbocycles. The normalized spacial score (nSPS) is 21.0. The molecule has 0 saturated carbocycles. The molecular formula is C16H16N2O2S3. The summed E-state index contributed by atoms with van der Waals surface area (Å²) in [5.74, 6) is -0.0337. The van der Waals surface area contributed by atoms with Gasteiger partial charge in [0.2, 0.25) is 0 Å². The van der Waals surface area contributed by atoms with Gasteiger partial charge in [-0.2, -0.15) is 0 Å². The summed E-state index contributed by atoms with van der Waals surface area (Å²) < 4.78 is 0.608. The van der Waals surface area contributed by atoms with Gasteiger partial charge in [0.1, 0.15) is 4.32 Å². The zero-order valence-corrected chi connectivity index (χ0v) is 15.0. The van der Waals surface area contributed by atoms with Crippen LogP contribution in [-0.4, -0.2) is 39.9 Å². The first kappa shape index (κ1) is 16.6. The third-order valence-electron chi connectivity index (χ3n) is 3.53. The SMILES string of the molecule is CCN1C(=O)C(=C/C=C2/Sc3ccccc3N2CCO)SC1=S. The molecule has 1 amide bonds. The van der Waals surface area contributed by atoms with Crippen molar-refractivity contribution in [2.24, 2.45) is 0 Å². The number of aliphatic hydroxyl groups excluding tert-OH is 1. The molecule has 0 aliphatic carbocycles. The molecule has 1 saturated heterocycles. The Morgan fingerprint density at radius 2 is 2.00 bits per heavy atom. The van der Waals surface area contributed by atoms with Crippen molar-refractivity contribution in [1.29, 1.82) is 0 Å². The monoisotopic (exact) mass is 364 g/mol. The van der Waals surface area contributed by atoms with Crippen LogP contribution in [0, 0.1) is 0 Å². The van der Waals surface area contributed by atoms with Crippen molar-refractivity contribution in [3.8, 4) is 0 Å². The second kappa shape index (κ2) is 7.09. The van der Waals surface area contributed by atoms with Crippen molar-refractivity contribution >= 4 is 51.7 Å². The molecule has 0 radical (unpaired) electrons. The quantitative estimate of drug-likeness (QED) is 0.654. The van der Waals surface area contributed by atoms with Crippen LogP contribution in [0.5, 0.6) is 0 Å². The van der Waals surface area contributed by atoms with Gasteiger partial charge >= 0.3 is 0 Å². The van der Waals surface area contributed by atoms with Crippen LogP contribution in [0.15, 0.2) is 51.2 Å². The molecular weight excluding hydrogens is 348 g/mol. The number of benzene rings is 1. The minimum atomic E-state index is -0.0337. The second-order valence-corrected chi connectivity index (χ2v) is 7.64. The molecule has 2 aliphatic rings. The molecule has 7 heteroatoms. The van der Waals surface area contributed by atoms with E-state index in [9.17, 15) is 9.90 Å². The molecule has 3 rings (SSSR count). The van der Waals surface area contributed by atoms with Crippen molar-refractivity contribution in [3.05, 3.63) is 46.4 Å². The number of hydrogen-bond acceptors (Lipinski definition) is 6. The Morgan fingerprint density at radius 3 is 2.70 bits per heavy atom. The Morgan fingerprint density at radius 1 is 1.22 bits per heavy atom. The van der Waals surface area contributed by atoms with Crippen molar-refractivity contribution < 1.29 is 9.90 Å². The fourth-order valence-electron chi connectivity index (χ4n) is 2.44. The molecule has 1 N–H and O–H groups in total. The number of fused-ring (bicyclic) bond motifs is 1. The van der Waals surface area contributed by atoms with Gasteiger partial charge in [0.25, 0.3) is 5.91 Å². The summed E-state index contributed by atoms with van der Waals surface area (Å²) in [7, 11) is 0. The smallest absolute Gasteiger partial charge is 0.266 e. The minimum absolute atomic E-state index is 0.0337. The predicted molar refractivity (Wildman–Crippen MR) is 100 cm³/mol. The number of allylic oxidation sites excluding steroid dienone is 2. The molecule has 0 bridgehead atoms. The summed E-state index contributed by atoms with van der Waals surface area (Å²) in [5.41, 5.74) is 1.09. The maximum atomic E-state index is 12.2. The Labute approximate surface area is 149 Å². The van der Waals surface area contributed by atoms with Gasteiger partial charge in [-0.3, -0.25) is 9.69 Å². The summed E-state index contributed by atoms with van der Waals surface area (Å²) in [6.45, 7) is 3.11. The van der Waals surface area contributed by atoms with Crippen LogP contribution >= 0.6 is 35.7 Å². The number of β-amino-alcohol motifs (C(OH)–C–C–N with tert-alkyl or cyclic N) is 1. The van der Waals surface area contributed by atoms with Crippen LogP contribution in [0.4, 0.5) is 5.69 Å². The predicted octanol–water partition coefficient (Wildman–Crippen LogP) is 3.20. The topological polar surface area (TPSA) is 43.8 Å². The third-order valence-corrected chi connectivity index (χ3v) is 6.05. The fraction of sp³-hybridized carbons (Fsp3) is 0.250. The lowest BCUT2D eigenvalue weighted by atomic mass is 10.3. The lowest BCUT2D eigenvalue weighted by Crippen LogP contribution is -2.27. The van der Waals surface area contributed by atoms with Crippen molar-refractivity contribution in [1.82, 2.24) is 4.90 Å². The van der Waals surface area contributed by atoms with Crippen LogP contribution < -0.4 is 4.90 Å². The maximum absolute atomic E-state index is 12.2. The van der Waals surface area contributed by atoms with E-state index in [-0.39, 0.29) is 12.5 Å². The molecule has 0 aromatic heterocycles. The minimum Gasteiger partial charge on any atom is -0.395 e. The number of carbonyl (C=O) groups is 1. The lowest BCUT2D eigenvalue weighted by Gasteiger charge is -2.18. The Hall–Kier alpha value is -1.28. The van der Waals surface area contributed by atoms with E-state index in [1.807, 2.05) is 37.3 Å². The van der Waals surface area contributed by atoms with Gasteiger partial charge in [0, 0.05) is 18.0 Å². The Balaban J connectivity index is 1.87. The molecule has 2 aliphatic heterocycles. The van der Waals surface area contributed by atoms with Crippen molar-refractivity contribution in [2.75, 3.05) is 24.6 Å². The number of thioether (sulfide) groups is 2. The standard InChI is InChI=1S/C16H16N2O2S3/c1-2-17-15(20)13(23-16(17)21)7-8-14-18(9-10-19)11-5-3-4-6-12(11)22-14/h3-8,19H,2,9-10H2,1H3/b13-7?,14-8+. The molecule has 1 aromatic rings. The molecule has 4 nitrogen and oxygen atoms in total. The number of carbonyl (C=O) groups excluding carboxylic acids is 1. The van der Waals surface area contributed by atoms with E-state index < -0.39 is 0 Å². The molecule has 23 heavy (non-hydrogen) atoms. The molecule has 0 spiro atoms. The zero-order valence-electron chi connectivity index (χ0n) is 12.6. The Kier molecular flexibility index (Phi) is 5.11. The molecule has 0 unspecified atom stereocenters. The molecule has 0 atom stereocenters. The number of para-hydroxylation sites is 1.